The zero-order chi connectivity index (χ0) is 17.4. The minimum absolute atomic E-state index is 0.181. The zero-order valence-electron chi connectivity index (χ0n) is 14.1. The van der Waals surface area contributed by atoms with E-state index in [1.54, 1.807) is 18.2 Å². The fraction of sp³-hybridized carbons (Fsp3) is 0.316. The fourth-order valence-electron chi connectivity index (χ4n) is 2.25. The molecular weight excluding hydrogens is 305 g/mol. The topological polar surface area (TPSA) is 56.7 Å². The molecule has 0 bridgehead atoms. The van der Waals surface area contributed by atoms with Crippen LogP contribution in [0.1, 0.15) is 29.7 Å². The van der Waals surface area contributed by atoms with Crippen LogP contribution in [0.5, 0.6) is 0 Å². The second-order valence-corrected chi connectivity index (χ2v) is 5.60. The third-order valence-electron chi connectivity index (χ3n) is 3.61. The molecule has 1 atom stereocenters. The van der Waals surface area contributed by atoms with E-state index in [-0.39, 0.29) is 12.1 Å². The second-order valence-electron chi connectivity index (χ2n) is 5.60. The minimum atomic E-state index is -0.936. The van der Waals surface area contributed by atoms with Crippen LogP contribution in [0.15, 0.2) is 53.5 Å². The van der Waals surface area contributed by atoms with Crippen molar-refractivity contribution in [2.24, 2.45) is 4.99 Å². The zero-order valence-corrected chi connectivity index (χ0v) is 14.1. The van der Waals surface area contributed by atoms with Crippen molar-refractivity contribution in [3.8, 4) is 0 Å². The smallest absolute Gasteiger partial charge is 0.191 e. The SMILES string of the molecule is CCNC(=NCc1ccc(C)cc1)NCC(O)c1ccccc1F. The molecule has 0 aliphatic rings. The van der Waals surface area contributed by atoms with Crippen LogP contribution in [0.3, 0.4) is 0 Å². The van der Waals surface area contributed by atoms with Crippen molar-refractivity contribution in [3.05, 3.63) is 71.0 Å². The van der Waals surface area contributed by atoms with Gasteiger partial charge >= 0.3 is 0 Å². The van der Waals surface area contributed by atoms with Gasteiger partial charge in [0, 0.05) is 18.7 Å². The van der Waals surface area contributed by atoms with Crippen LogP contribution in [-0.2, 0) is 6.54 Å². The van der Waals surface area contributed by atoms with Crippen molar-refractivity contribution in [2.75, 3.05) is 13.1 Å². The Morgan fingerprint density at radius 1 is 1.12 bits per heavy atom. The van der Waals surface area contributed by atoms with Gasteiger partial charge < -0.3 is 15.7 Å². The summed E-state index contributed by atoms with van der Waals surface area (Å²) in [6, 6.07) is 14.4. The van der Waals surface area contributed by atoms with E-state index in [0.29, 0.717) is 19.0 Å². The fourth-order valence-corrected chi connectivity index (χ4v) is 2.25. The third-order valence-corrected chi connectivity index (χ3v) is 3.61. The molecule has 128 valence electrons. The summed E-state index contributed by atoms with van der Waals surface area (Å²) in [5.74, 6) is 0.182. The molecule has 5 heteroatoms. The lowest BCUT2D eigenvalue weighted by molar-refractivity contribution is 0.176. The maximum Gasteiger partial charge on any atom is 0.191 e. The van der Waals surface area contributed by atoms with E-state index in [2.05, 4.69) is 15.6 Å². The molecule has 24 heavy (non-hydrogen) atoms. The molecule has 2 rings (SSSR count). The monoisotopic (exact) mass is 329 g/mol. The first-order chi connectivity index (χ1) is 11.6. The molecule has 0 aliphatic carbocycles. The Bertz CT molecular complexity index is 671. The molecule has 0 spiro atoms. The largest absolute Gasteiger partial charge is 0.386 e. The number of hydrogen-bond acceptors (Lipinski definition) is 2. The summed E-state index contributed by atoms with van der Waals surface area (Å²) >= 11 is 0. The summed E-state index contributed by atoms with van der Waals surface area (Å²) in [5, 5.41) is 16.3. The highest BCUT2D eigenvalue weighted by molar-refractivity contribution is 5.79. The number of aliphatic hydroxyl groups excluding tert-OH is 1. The molecule has 2 aromatic rings. The number of aliphatic hydroxyl groups is 1. The summed E-state index contributed by atoms with van der Waals surface area (Å²) in [7, 11) is 0. The van der Waals surface area contributed by atoms with E-state index in [1.807, 2.05) is 38.1 Å². The van der Waals surface area contributed by atoms with Gasteiger partial charge in [0.05, 0.1) is 12.6 Å². The molecule has 0 aliphatic heterocycles. The average molecular weight is 329 g/mol. The van der Waals surface area contributed by atoms with Crippen LogP contribution in [0.4, 0.5) is 4.39 Å². The Kier molecular flexibility index (Phi) is 6.75. The maximum atomic E-state index is 13.7. The minimum Gasteiger partial charge on any atom is -0.386 e. The van der Waals surface area contributed by atoms with E-state index in [1.165, 1.54) is 11.6 Å². The van der Waals surface area contributed by atoms with Gasteiger partial charge in [0.15, 0.2) is 5.96 Å². The Morgan fingerprint density at radius 3 is 2.50 bits per heavy atom. The number of nitrogens with zero attached hydrogens (tertiary/aromatic N) is 1. The van der Waals surface area contributed by atoms with Crippen molar-refractivity contribution < 1.29 is 9.50 Å². The number of guanidine groups is 1. The molecule has 3 N–H and O–H groups in total. The molecule has 0 saturated carbocycles. The highest BCUT2D eigenvalue weighted by Gasteiger charge is 2.12. The van der Waals surface area contributed by atoms with Gasteiger partial charge in [-0.2, -0.15) is 0 Å². The Morgan fingerprint density at radius 2 is 1.83 bits per heavy atom. The Hall–Kier alpha value is -2.40. The van der Waals surface area contributed by atoms with E-state index in [0.717, 1.165) is 5.56 Å². The first kappa shape index (κ1) is 17.9. The standard InChI is InChI=1S/C19H24FN3O/c1-3-21-19(22-12-15-10-8-14(2)9-11-15)23-13-18(24)16-6-4-5-7-17(16)20/h4-11,18,24H,3,12-13H2,1-2H3,(H2,21,22,23). The van der Waals surface area contributed by atoms with Crippen LogP contribution >= 0.6 is 0 Å². The number of rotatable bonds is 6. The molecule has 0 amide bonds. The van der Waals surface area contributed by atoms with Crippen LogP contribution in [0, 0.1) is 12.7 Å². The van der Waals surface area contributed by atoms with Crippen molar-refractivity contribution in [1.29, 1.82) is 0 Å². The van der Waals surface area contributed by atoms with Gasteiger partial charge in [0.25, 0.3) is 0 Å². The van der Waals surface area contributed by atoms with Crippen molar-refractivity contribution in [1.82, 2.24) is 10.6 Å². The molecule has 0 radical (unpaired) electrons. The van der Waals surface area contributed by atoms with Crippen molar-refractivity contribution >= 4 is 5.96 Å². The van der Waals surface area contributed by atoms with E-state index < -0.39 is 11.9 Å². The average Bonchev–Trinajstić information content (AvgIpc) is 2.59. The van der Waals surface area contributed by atoms with Crippen LogP contribution < -0.4 is 10.6 Å². The van der Waals surface area contributed by atoms with Crippen LogP contribution in [-0.4, -0.2) is 24.2 Å². The van der Waals surface area contributed by atoms with Gasteiger partial charge in [0.2, 0.25) is 0 Å². The van der Waals surface area contributed by atoms with Gasteiger partial charge in [-0.3, -0.25) is 0 Å². The van der Waals surface area contributed by atoms with Gasteiger partial charge in [-0.1, -0.05) is 48.0 Å². The van der Waals surface area contributed by atoms with Crippen molar-refractivity contribution in [2.45, 2.75) is 26.5 Å². The number of nitrogens with one attached hydrogen (secondary N) is 2. The first-order valence-corrected chi connectivity index (χ1v) is 8.10. The van der Waals surface area contributed by atoms with Gasteiger partial charge in [-0.05, 0) is 25.5 Å². The lowest BCUT2D eigenvalue weighted by Crippen LogP contribution is -2.39. The number of hydrogen-bond donors (Lipinski definition) is 3. The summed E-state index contributed by atoms with van der Waals surface area (Å²) < 4.78 is 13.7. The molecule has 4 nitrogen and oxygen atoms in total. The number of aliphatic imine (C=N–C) groups is 1. The maximum absolute atomic E-state index is 13.7. The van der Waals surface area contributed by atoms with Crippen LogP contribution in [0.25, 0.3) is 0 Å². The normalized spacial score (nSPS) is 12.8. The predicted octanol–water partition coefficient (Wildman–Crippen LogP) is 2.92. The molecule has 0 fully saturated rings. The van der Waals surface area contributed by atoms with E-state index in [4.69, 9.17) is 0 Å². The number of halogens is 1. The Balaban J connectivity index is 1.96. The first-order valence-electron chi connectivity index (χ1n) is 8.10. The lowest BCUT2D eigenvalue weighted by atomic mass is 10.1. The highest BCUT2D eigenvalue weighted by atomic mass is 19.1. The lowest BCUT2D eigenvalue weighted by Gasteiger charge is -2.16. The summed E-state index contributed by atoms with van der Waals surface area (Å²) in [6.45, 7) is 5.43. The van der Waals surface area contributed by atoms with Crippen LogP contribution in [0.2, 0.25) is 0 Å². The molecule has 0 heterocycles. The molecule has 0 saturated heterocycles. The molecule has 1 unspecified atom stereocenters. The molecular formula is C19H24FN3O. The van der Waals surface area contributed by atoms with E-state index >= 15 is 0 Å². The summed E-state index contributed by atoms with van der Waals surface area (Å²) in [5.41, 5.74) is 2.59. The summed E-state index contributed by atoms with van der Waals surface area (Å²) in [4.78, 5) is 4.49. The predicted molar refractivity (Wildman–Crippen MR) is 95.4 cm³/mol. The van der Waals surface area contributed by atoms with Gasteiger partial charge in [0.1, 0.15) is 5.82 Å². The second kappa shape index (κ2) is 9.03. The number of benzene rings is 2. The van der Waals surface area contributed by atoms with E-state index in [9.17, 15) is 9.50 Å². The molecule has 0 aromatic heterocycles. The molecule has 2 aromatic carbocycles. The van der Waals surface area contributed by atoms with Gasteiger partial charge in [-0.25, -0.2) is 9.38 Å². The van der Waals surface area contributed by atoms with Crippen molar-refractivity contribution in [3.63, 3.8) is 0 Å². The Labute approximate surface area is 142 Å². The number of aryl methyl sites for hydroxylation is 1. The summed E-state index contributed by atoms with van der Waals surface area (Å²) in [6.07, 6.45) is -0.936. The highest BCUT2D eigenvalue weighted by Crippen LogP contribution is 2.15. The van der Waals surface area contributed by atoms with Gasteiger partial charge in [-0.15, -0.1) is 0 Å². The third kappa shape index (κ3) is 5.35. The quantitative estimate of drug-likeness (QED) is 0.564.